The third kappa shape index (κ3) is 3.94. The molecule has 1 aromatic rings. The number of hydrogen-bond acceptors (Lipinski definition) is 3. The van der Waals surface area contributed by atoms with Crippen molar-refractivity contribution in [1.29, 1.82) is 0 Å². The highest BCUT2D eigenvalue weighted by Gasteiger charge is 2.43. The Balaban J connectivity index is 3.22. The van der Waals surface area contributed by atoms with E-state index in [1.807, 2.05) is 30.3 Å². The van der Waals surface area contributed by atoms with Gasteiger partial charge < -0.3 is 8.54 Å². The lowest BCUT2D eigenvalue weighted by Gasteiger charge is -2.33. The van der Waals surface area contributed by atoms with Crippen LogP contribution < -0.4 is 5.19 Å². The minimum atomic E-state index is -2.87. The van der Waals surface area contributed by atoms with Crippen LogP contribution in [0.4, 0.5) is 0 Å². The van der Waals surface area contributed by atoms with Gasteiger partial charge >= 0.3 is 8.56 Å². The Bertz CT molecular complexity index is 426. The van der Waals surface area contributed by atoms with Gasteiger partial charge in [-0.15, -0.1) is 6.58 Å². The quantitative estimate of drug-likeness (QED) is 0.777. The van der Waals surface area contributed by atoms with Gasteiger partial charge in [0.25, 0.3) is 5.97 Å². The molecule has 0 aliphatic heterocycles. The lowest BCUT2D eigenvalue weighted by Crippen LogP contribution is -2.58. The van der Waals surface area contributed by atoms with Crippen LogP contribution >= 0.6 is 0 Å². The smallest absolute Gasteiger partial charge is 0.452 e. The zero-order chi connectivity index (χ0) is 13.8. The Morgan fingerprint density at radius 3 is 2.17 bits per heavy atom. The van der Waals surface area contributed by atoms with E-state index in [1.165, 1.54) is 6.92 Å². The molecule has 18 heavy (non-hydrogen) atoms. The van der Waals surface area contributed by atoms with Crippen LogP contribution in [0.15, 0.2) is 42.6 Å². The van der Waals surface area contributed by atoms with Crippen molar-refractivity contribution in [3.63, 3.8) is 0 Å². The molecule has 0 N–H and O–H groups in total. The van der Waals surface area contributed by atoms with Gasteiger partial charge in [0.05, 0.1) is 0 Å². The van der Waals surface area contributed by atoms with Crippen LogP contribution in [0.2, 0.25) is 19.6 Å². The van der Waals surface area contributed by atoms with E-state index in [0.717, 1.165) is 5.19 Å². The number of carbonyl (C=O) groups excluding carboxylic acids is 1. The molecule has 1 aromatic carbocycles. The molecule has 3 nitrogen and oxygen atoms in total. The summed E-state index contributed by atoms with van der Waals surface area (Å²) in [5.74, 6) is -0.330. The Hall–Kier alpha value is -1.18. The van der Waals surface area contributed by atoms with Crippen LogP contribution in [-0.4, -0.2) is 22.8 Å². The summed E-state index contributed by atoms with van der Waals surface area (Å²) >= 11 is 0. The van der Waals surface area contributed by atoms with Gasteiger partial charge in [0.2, 0.25) is 0 Å². The average molecular weight is 280 g/mol. The molecule has 0 radical (unpaired) electrons. The van der Waals surface area contributed by atoms with Crippen molar-refractivity contribution in [3.05, 3.63) is 42.6 Å². The Kier molecular flexibility index (Phi) is 4.67. The maximum atomic E-state index is 11.4. The summed E-state index contributed by atoms with van der Waals surface area (Å²) in [6.45, 7) is 11.5. The third-order valence-corrected chi connectivity index (χ3v) is 8.13. The number of rotatable bonds is 5. The van der Waals surface area contributed by atoms with E-state index < -0.39 is 16.9 Å². The molecule has 0 saturated carbocycles. The fourth-order valence-corrected chi connectivity index (χ4v) is 7.81. The molecular weight excluding hydrogens is 260 g/mol. The second-order valence-electron chi connectivity index (χ2n) is 5.05. The first-order valence-corrected chi connectivity index (χ1v) is 11.2. The van der Waals surface area contributed by atoms with Crippen LogP contribution in [0.25, 0.3) is 0 Å². The van der Waals surface area contributed by atoms with Crippen molar-refractivity contribution in [3.8, 4) is 0 Å². The van der Waals surface area contributed by atoms with Gasteiger partial charge in [0.1, 0.15) is 0 Å². The van der Waals surface area contributed by atoms with Crippen molar-refractivity contribution < 1.29 is 13.3 Å². The molecule has 1 atom stereocenters. The summed E-state index contributed by atoms with van der Waals surface area (Å²) in [6, 6.07) is 9.61. The molecule has 0 spiro atoms. The molecule has 0 bridgehead atoms. The first-order chi connectivity index (χ1) is 8.29. The molecule has 1 unspecified atom stereocenters. The van der Waals surface area contributed by atoms with Gasteiger partial charge in [-0.1, -0.05) is 30.3 Å². The van der Waals surface area contributed by atoms with Gasteiger partial charge in [-0.05, 0) is 25.3 Å². The zero-order valence-corrected chi connectivity index (χ0v) is 13.4. The van der Waals surface area contributed by atoms with Crippen molar-refractivity contribution >= 4 is 28.0 Å². The summed E-state index contributed by atoms with van der Waals surface area (Å²) in [7, 11) is -4.72. The predicted octanol–water partition coefficient (Wildman–Crippen LogP) is 2.48. The average Bonchev–Trinajstić information content (AvgIpc) is 2.26. The van der Waals surface area contributed by atoms with Crippen LogP contribution in [-0.2, 0) is 13.3 Å². The summed E-state index contributed by atoms with van der Waals surface area (Å²) in [5.41, 5.74) is 1.68. The van der Waals surface area contributed by atoms with Crippen molar-refractivity contribution in [1.82, 2.24) is 0 Å². The monoisotopic (exact) mass is 280 g/mol. The van der Waals surface area contributed by atoms with E-state index in [2.05, 4.69) is 26.2 Å². The van der Waals surface area contributed by atoms with E-state index in [-0.39, 0.29) is 5.97 Å². The molecule has 1 rings (SSSR count). The highest BCUT2D eigenvalue weighted by atomic mass is 28.4. The topological polar surface area (TPSA) is 35.5 Å². The van der Waals surface area contributed by atoms with Gasteiger partial charge in [0, 0.05) is 12.1 Å². The standard InChI is InChI=1S/C13H20O3Si2/c1-6-18(15-12(2)14,16-17(3,4)5)13-10-8-7-9-11-13/h6-11H,1H2,2-5H3. The second-order valence-corrected chi connectivity index (χ2v) is 12.6. The minimum absolute atomic E-state index is 0.330. The Labute approximate surface area is 111 Å². The first-order valence-electron chi connectivity index (χ1n) is 5.88. The molecule has 0 aliphatic carbocycles. The van der Waals surface area contributed by atoms with Gasteiger partial charge in [-0.2, -0.15) is 0 Å². The lowest BCUT2D eigenvalue weighted by atomic mass is 10.4. The van der Waals surface area contributed by atoms with Crippen molar-refractivity contribution in [2.45, 2.75) is 26.6 Å². The molecule has 0 aliphatic rings. The molecule has 0 heterocycles. The molecule has 0 amide bonds. The summed E-state index contributed by atoms with van der Waals surface area (Å²) in [5, 5.41) is 0.914. The van der Waals surface area contributed by atoms with Crippen LogP contribution in [0.1, 0.15) is 6.92 Å². The van der Waals surface area contributed by atoms with Gasteiger partial charge in [0.15, 0.2) is 8.32 Å². The molecule has 98 valence electrons. The van der Waals surface area contributed by atoms with E-state index in [0.29, 0.717) is 0 Å². The zero-order valence-electron chi connectivity index (χ0n) is 11.4. The minimum Gasteiger partial charge on any atom is -0.488 e. The van der Waals surface area contributed by atoms with Gasteiger partial charge in [-0.3, -0.25) is 4.79 Å². The largest absolute Gasteiger partial charge is 0.488 e. The molecule has 0 fully saturated rings. The molecule has 0 saturated heterocycles. The van der Waals surface area contributed by atoms with E-state index in [1.54, 1.807) is 5.70 Å². The van der Waals surface area contributed by atoms with E-state index in [4.69, 9.17) is 8.54 Å². The number of carbonyl (C=O) groups is 1. The van der Waals surface area contributed by atoms with E-state index in [9.17, 15) is 4.79 Å². The highest BCUT2D eigenvalue weighted by Crippen LogP contribution is 2.17. The summed E-state index contributed by atoms with van der Waals surface area (Å²) < 4.78 is 11.7. The number of benzene rings is 1. The fraction of sp³-hybridized carbons (Fsp3) is 0.308. The normalized spacial score (nSPS) is 14.7. The number of hydrogen-bond donors (Lipinski definition) is 0. The summed E-state index contributed by atoms with van der Waals surface area (Å²) in [6.07, 6.45) is 0. The molecule has 0 aromatic heterocycles. The van der Waals surface area contributed by atoms with Gasteiger partial charge in [-0.25, -0.2) is 0 Å². The molecular formula is C13H20O3Si2. The highest BCUT2D eigenvalue weighted by molar-refractivity contribution is 6.93. The Morgan fingerprint density at radius 1 is 1.22 bits per heavy atom. The fourth-order valence-electron chi connectivity index (χ4n) is 1.68. The summed E-state index contributed by atoms with van der Waals surface area (Å²) in [4.78, 5) is 11.4. The first kappa shape index (κ1) is 14.9. The van der Waals surface area contributed by atoms with Crippen LogP contribution in [0.5, 0.6) is 0 Å². The molecule has 5 heteroatoms. The Morgan fingerprint density at radius 2 is 1.78 bits per heavy atom. The van der Waals surface area contributed by atoms with Crippen molar-refractivity contribution in [2.24, 2.45) is 0 Å². The maximum Gasteiger partial charge on any atom is 0.452 e. The van der Waals surface area contributed by atoms with E-state index >= 15 is 0 Å². The van der Waals surface area contributed by atoms with Crippen LogP contribution in [0.3, 0.4) is 0 Å². The van der Waals surface area contributed by atoms with Crippen molar-refractivity contribution in [2.75, 3.05) is 0 Å². The lowest BCUT2D eigenvalue weighted by molar-refractivity contribution is -0.133. The second kappa shape index (κ2) is 5.64. The maximum absolute atomic E-state index is 11.4. The SMILES string of the molecule is C=C[Si](OC(C)=O)(O[Si](C)(C)C)c1ccccc1. The predicted molar refractivity (Wildman–Crippen MR) is 78.2 cm³/mol. The van der Waals surface area contributed by atoms with Crippen LogP contribution in [0, 0.1) is 0 Å². The third-order valence-electron chi connectivity index (χ3n) is 2.20.